The molecule has 1 N–H and O–H groups in total. The van der Waals surface area contributed by atoms with E-state index in [9.17, 15) is 0 Å². The summed E-state index contributed by atoms with van der Waals surface area (Å²) in [6.45, 7) is 1.94. The highest BCUT2D eigenvalue weighted by molar-refractivity contribution is 6.08. The van der Waals surface area contributed by atoms with E-state index in [0.29, 0.717) is 5.84 Å². The molecule has 1 fully saturated rings. The fraction of sp³-hybridized carbons (Fsp3) is 0.240. The summed E-state index contributed by atoms with van der Waals surface area (Å²) in [4.78, 5) is 6.74. The first-order valence-corrected chi connectivity index (χ1v) is 10.5. The Morgan fingerprint density at radius 1 is 0.867 bits per heavy atom. The molecular formula is C25H25N5. The van der Waals surface area contributed by atoms with E-state index in [4.69, 9.17) is 5.41 Å². The van der Waals surface area contributed by atoms with Crippen LogP contribution in [-0.2, 0) is 7.05 Å². The van der Waals surface area contributed by atoms with Gasteiger partial charge in [0.1, 0.15) is 5.84 Å². The van der Waals surface area contributed by atoms with Gasteiger partial charge in [0.15, 0.2) is 0 Å². The summed E-state index contributed by atoms with van der Waals surface area (Å²) >= 11 is 0. The number of nitrogens with zero attached hydrogens (tertiary/aromatic N) is 4. The summed E-state index contributed by atoms with van der Waals surface area (Å²) in [6, 6.07) is 16.9. The van der Waals surface area contributed by atoms with Crippen molar-refractivity contribution < 1.29 is 0 Å². The van der Waals surface area contributed by atoms with E-state index in [1.165, 1.54) is 19.3 Å². The molecule has 0 spiro atoms. The fourth-order valence-corrected chi connectivity index (χ4v) is 4.25. The van der Waals surface area contributed by atoms with Gasteiger partial charge in [-0.3, -0.25) is 15.1 Å². The predicted molar refractivity (Wildman–Crippen MR) is 122 cm³/mol. The predicted octanol–water partition coefficient (Wildman–Crippen LogP) is 5.11. The highest BCUT2D eigenvalue weighted by Gasteiger charge is 2.17. The molecule has 3 heterocycles. The largest absolute Gasteiger partial charge is 0.357 e. The minimum absolute atomic E-state index is 0.617. The van der Waals surface area contributed by atoms with Gasteiger partial charge >= 0.3 is 0 Å². The second-order valence-corrected chi connectivity index (χ2v) is 7.97. The Hall–Kier alpha value is -3.47. The Morgan fingerprint density at radius 3 is 2.27 bits per heavy atom. The highest BCUT2D eigenvalue weighted by Crippen LogP contribution is 2.29. The second-order valence-electron chi connectivity index (χ2n) is 7.97. The molecule has 1 saturated heterocycles. The van der Waals surface area contributed by atoms with Crippen LogP contribution in [0.15, 0.2) is 67.1 Å². The van der Waals surface area contributed by atoms with Crippen molar-refractivity contribution in [1.29, 1.82) is 5.41 Å². The first-order chi connectivity index (χ1) is 14.7. The summed E-state index contributed by atoms with van der Waals surface area (Å²) in [5, 5.41) is 14.1. The molecule has 0 saturated carbocycles. The standard InChI is InChI=1S/C25H25N5/c1-29-17-21(16-28-29)19-7-5-18(6-8-19)20-9-10-24-23(15-20)22(11-12-27-24)25(26)30-13-3-2-4-14-30/h5-12,15-17,26H,2-4,13-14H2,1H3. The van der Waals surface area contributed by atoms with Crippen molar-refractivity contribution in [1.82, 2.24) is 19.7 Å². The van der Waals surface area contributed by atoms with E-state index >= 15 is 0 Å². The number of pyridine rings is 1. The lowest BCUT2D eigenvalue weighted by Gasteiger charge is -2.29. The monoisotopic (exact) mass is 395 g/mol. The lowest BCUT2D eigenvalue weighted by atomic mass is 9.98. The minimum atomic E-state index is 0.617. The first kappa shape index (κ1) is 18.6. The lowest BCUT2D eigenvalue weighted by Crippen LogP contribution is -2.35. The number of fused-ring (bicyclic) bond motifs is 1. The number of hydrogen-bond acceptors (Lipinski definition) is 3. The Kier molecular flexibility index (Phi) is 4.79. The molecule has 2 aromatic heterocycles. The van der Waals surface area contributed by atoms with Gasteiger partial charge in [-0.2, -0.15) is 5.10 Å². The van der Waals surface area contributed by atoms with Crippen LogP contribution in [0.3, 0.4) is 0 Å². The molecule has 0 atom stereocenters. The third-order valence-corrected chi connectivity index (χ3v) is 5.93. The van der Waals surface area contributed by atoms with Crippen LogP contribution < -0.4 is 0 Å². The van der Waals surface area contributed by atoms with Crippen LogP contribution in [-0.4, -0.2) is 38.6 Å². The van der Waals surface area contributed by atoms with Crippen molar-refractivity contribution in [2.75, 3.05) is 13.1 Å². The van der Waals surface area contributed by atoms with E-state index in [1.807, 2.05) is 36.4 Å². The summed E-state index contributed by atoms with van der Waals surface area (Å²) in [7, 11) is 1.93. The number of likely N-dealkylation sites (tertiary alicyclic amines) is 1. The van der Waals surface area contributed by atoms with E-state index in [0.717, 1.165) is 51.8 Å². The van der Waals surface area contributed by atoms with Gasteiger partial charge in [0.05, 0.1) is 11.7 Å². The minimum Gasteiger partial charge on any atom is -0.357 e. The van der Waals surface area contributed by atoms with Crippen LogP contribution in [0.5, 0.6) is 0 Å². The molecule has 5 nitrogen and oxygen atoms in total. The zero-order chi connectivity index (χ0) is 20.5. The van der Waals surface area contributed by atoms with Crippen LogP contribution in [0.4, 0.5) is 0 Å². The van der Waals surface area contributed by atoms with E-state index in [-0.39, 0.29) is 0 Å². The maximum absolute atomic E-state index is 8.80. The van der Waals surface area contributed by atoms with E-state index in [1.54, 1.807) is 0 Å². The highest BCUT2D eigenvalue weighted by atomic mass is 15.2. The Bertz CT molecular complexity index is 1200. The van der Waals surface area contributed by atoms with Crippen molar-refractivity contribution in [3.05, 3.63) is 72.7 Å². The number of aryl methyl sites for hydroxylation is 1. The van der Waals surface area contributed by atoms with Crippen LogP contribution >= 0.6 is 0 Å². The second kappa shape index (κ2) is 7.75. The average molecular weight is 396 g/mol. The summed E-state index contributed by atoms with van der Waals surface area (Å²) in [5.41, 5.74) is 6.47. The Morgan fingerprint density at radius 2 is 1.57 bits per heavy atom. The molecule has 5 heteroatoms. The van der Waals surface area contributed by atoms with Gasteiger partial charge in [-0.05, 0) is 54.2 Å². The molecule has 0 radical (unpaired) electrons. The molecule has 30 heavy (non-hydrogen) atoms. The van der Waals surface area contributed by atoms with E-state index in [2.05, 4.69) is 57.4 Å². The van der Waals surface area contributed by atoms with Gasteiger partial charge in [0, 0.05) is 49.0 Å². The molecule has 0 aliphatic carbocycles. The third kappa shape index (κ3) is 3.47. The molecule has 4 aromatic rings. The number of benzene rings is 2. The van der Waals surface area contributed by atoms with Crippen LogP contribution in [0.2, 0.25) is 0 Å². The molecule has 5 rings (SSSR count). The van der Waals surface area contributed by atoms with Crippen LogP contribution in [0, 0.1) is 5.41 Å². The normalized spacial score (nSPS) is 14.2. The topological polar surface area (TPSA) is 57.8 Å². The zero-order valence-corrected chi connectivity index (χ0v) is 17.2. The van der Waals surface area contributed by atoms with Crippen molar-refractivity contribution >= 4 is 16.7 Å². The average Bonchev–Trinajstić information content (AvgIpc) is 3.25. The maximum Gasteiger partial charge on any atom is 0.128 e. The Balaban J connectivity index is 1.50. The van der Waals surface area contributed by atoms with Crippen molar-refractivity contribution in [2.24, 2.45) is 7.05 Å². The van der Waals surface area contributed by atoms with Crippen molar-refractivity contribution in [3.8, 4) is 22.3 Å². The third-order valence-electron chi connectivity index (χ3n) is 5.93. The Labute approximate surface area is 176 Å². The molecule has 0 amide bonds. The van der Waals surface area contributed by atoms with Crippen LogP contribution in [0.25, 0.3) is 33.2 Å². The van der Waals surface area contributed by atoms with Gasteiger partial charge < -0.3 is 4.90 Å². The molecular weight excluding hydrogens is 370 g/mol. The molecule has 150 valence electrons. The molecule has 0 unspecified atom stereocenters. The number of hydrogen-bond donors (Lipinski definition) is 1. The molecule has 1 aliphatic rings. The number of piperidine rings is 1. The SMILES string of the molecule is Cn1cc(-c2ccc(-c3ccc4nccc(C(=N)N5CCCCC5)c4c3)cc2)cn1. The summed E-state index contributed by atoms with van der Waals surface area (Å²) < 4.78 is 1.82. The zero-order valence-electron chi connectivity index (χ0n) is 17.2. The fourth-order valence-electron chi connectivity index (χ4n) is 4.25. The first-order valence-electron chi connectivity index (χ1n) is 10.5. The lowest BCUT2D eigenvalue weighted by molar-refractivity contribution is 0.341. The summed E-state index contributed by atoms with van der Waals surface area (Å²) in [6.07, 6.45) is 9.32. The molecule has 0 bridgehead atoms. The number of rotatable bonds is 3. The number of nitrogens with one attached hydrogen (secondary N) is 1. The smallest absolute Gasteiger partial charge is 0.128 e. The van der Waals surface area contributed by atoms with Gasteiger partial charge in [-0.1, -0.05) is 30.3 Å². The van der Waals surface area contributed by atoms with Crippen LogP contribution in [0.1, 0.15) is 24.8 Å². The van der Waals surface area contributed by atoms with E-state index < -0.39 is 0 Å². The van der Waals surface area contributed by atoms with Gasteiger partial charge in [-0.15, -0.1) is 0 Å². The van der Waals surface area contributed by atoms with Gasteiger partial charge in [0.25, 0.3) is 0 Å². The summed E-state index contributed by atoms with van der Waals surface area (Å²) in [5.74, 6) is 0.617. The molecule has 1 aliphatic heterocycles. The number of aromatic nitrogens is 3. The van der Waals surface area contributed by atoms with Crippen molar-refractivity contribution in [2.45, 2.75) is 19.3 Å². The quantitative estimate of drug-likeness (QED) is 0.387. The van der Waals surface area contributed by atoms with Gasteiger partial charge in [-0.25, -0.2) is 0 Å². The van der Waals surface area contributed by atoms with Crippen molar-refractivity contribution in [3.63, 3.8) is 0 Å². The number of amidine groups is 1. The molecule has 2 aromatic carbocycles. The van der Waals surface area contributed by atoms with Gasteiger partial charge in [0.2, 0.25) is 0 Å². The maximum atomic E-state index is 8.80.